The maximum absolute atomic E-state index is 10.3. The first-order valence-electron chi connectivity index (χ1n) is 6.72. The second-order valence-electron chi connectivity index (χ2n) is 5.36. The fourth-order valence-corrected chi connectivity index (χ4v) is 2.93. The largest absolute Gasteiger partial charge is 0.484 e. The highest BCUT2D eigenvalue weighted by molar-refractivity contribution is 9.10. The summed E-state index contributed by atoms with van der Waals surface area (Å²) in [5.41, 5.74) is 1.85. The van der Waals surface area contributed by atoms with E-state index in [9.17, 15) is 5.11 Å². The van der Waals surface area contributed by atoms with Crippen LogP contribution in [0.25, 0.3) is 0 Å². The predicted molar refractivity (Wildman–Crippen MR) is 79.7 cm³/mol. The van der Waals surface area contributed by atoms with Crippen molar-refractivity contribution in [2.75, 3.05) is 0 Å². The Hall–Kier alpha value is -1.33. The van der Waals surface area contributed by atoms with E-state index in [1.807, 2.05) is 30.7 Å². The highest BCUT2D eigenvalue weighted by Gasteiger charge is 2.30. The Bertz CT molecular complexity index is 624. The van der Waals surface area contributed by atoms with Gasteiger partial charge in [-0.25, -0.2) is 4.98 Å². The molecule has 106 valence electrons. The number of halogens is 1. The van der Waals surface area contributed by atoms with Gasteiger partial charge in [0.1, 0.15) is 11.9 Å². The minimum absolute atomic E-state index is 0.170. The molecule has 5 heteroatoms. The lowest BCUT2D eigenvalue weighted by Gasteiger charge is -2.30. The zero-order valence-corrected chi connectivity index (χ0v) is 13.0. The van der Waals surface area contributed by atoms with Crippen LogP contribution in [0.15, 0.2) is 35.2 Å². The first kappa shape index (κ1) is 13.6. The molecule has 0 fully saturated rings. The molecule has 0 saturated carbocycles. The topological polar surface area (TPSA) is 47.3 Å². The number of hydrogen-bond donors (Lipinski definition) is 1. The van der Waals surface area contributed by atoms with Gasteiger partial charge in [0.25, 0.3) is 0 Å². The molecule has 1 aromatic carbocycles. The first-order chi connectivity index (χ1) is 9.56. The molecule has 1 unspecified atom stereocenters. The van der Waals surface area contributed by atoms with Gasteiger partial charge in [0, 0.05) is 22.5 Å². The number of aliphatic hydroxyl groups is 1. The second kappa shape index (κ2) is 5.22. The standard InChI is InChI=1S/C15H17BrN2O2/c1-9(2)18-8-17-7-12(18)15-6-13(19)11-4-3-10(16)5-14(11)20-15/h3-5,7-9,13,15,19H,6H2,1-2H3/t13-,15?/m1/s1. The maximum atomic E-state index is 10.3. The van der Waals surface area contributed by atoms with E-state index < -0.39 is 6.10 Å². The normalized spacial score (nSPS) is 21.6. The summed E-state index contributed by atoms with van der Waals surface area (Å²) in [4.78, 5) is 4.21. The molecular weight excluding hydrogens is 320 g/mol. The third-order valence-corrected chi connectivity index (χ3v) is 4.12. The van der Waals surface area contributed by atoms with E-state index in [4.69, 9.17) is 4.74 Å². The second-order valence-corrected chi connectivity index (χ2v) is 6.28. The summed E-state index contributed by atoms with van der Waals surface area (Å²) in [5, 5.41) is 10.3. The van der Waals surface area contributed by atoms with E-state index in [0.29, 0.717) is 12.5 Å². The van der Waals surface area contributed by atoms with E-state index in [-0.39, 0.29) is 6.10 Å². The molecule has 0 amide bonds. The molecular formula is C15H17BrN2O2. The van der Waals surface area contributed by atoms with Crippen molar-refractivity contribution in [2.45, 2.75) is 38.5 Å². The smallest absolute Gasteiger partial charge is 0.143 e. The van der Waals surface area contributed by atoms with Gasteiger partial charge in [-0.1, -0.05) is 22.0 Å². The minimum atomic E-state index is -0.507. The van der Waals surface area contributed by atoms with Gasteiger partial charge in [-0.15, -0.1) is 0 Å². The fraction of sp³-hybridized carbons (Fsp3) is 0.400. The number of benzene rings is 1. The van der Waals surface area contributed by atoms with E-state index >= 15 is 0 Å². The lowest BCUT2D eigenvalue weighted by atomic mass is 9.97. The van der Waals surface area contributed by atoms with Gasteiger partial charge in [0.05, 0.1) is 24.3 Å². The van der Waals surface area contributed by atoms with Crippen molar-refractivity contribution in [3.63, 3.8) is 0 Å². The molecule has 1 aliphatic heterocycles. The summed E-state index contributed by atoms with van der Waals surface area (Å²) in [5.74, 6) is 0.736. The van der Waals surface area contributed by atoms with Crippen molar-refractivity contribution < 1.29 is 9.84 Å². The highest BCUT2D eigenvalue weighted by atomic mass is 79.9. The van der Waals surface area contributed by atoms with Crippen LogP contribution in [-0.4, -0.2) is 14.7 Å². The molecule has 2 aromatic rings. The first-order valence-corrected chi connectivity index (χ1v) is 7.51. The van der Waals surface area contributed by atoms with Gasteiger partial charge in [-0.05, 0) is 26.0 Å². The van der Waals surface area contributed by atoms with Gasteiger partial charge in [-0.2, -0.15) is 0 Å². The van der Waals surface area contributed by atoms with Crippen LogP contribution in [0.4, 0.5) is 0 Å². The molecule has 1 aliphatic rings. The van der Waals surface area contributed by atoms with Crippen LogP contribution < -0.4 is 4.74 Å². The Morgan fingerprint density at radius 3 is 3.00 bits per heavy atom. The van der Waals surface area contributed by atoms with Crippen LogP contribution >= 0.6 is 15.9 Å². The van der Waals surface area contributed by atoms with E-state index in [1.54, 1.807) is 0 Å². The minimum Gasteiger partial charge on any atom is -0.484 e. The summed E-state index contributed by atoms with van der Waals surface area (Å²) < 4.78 is 9.10. The Kier molecular flexibility index (Phi) is 3.56. The maximum Gasteiger partial charge on any atom is 0.143 e. The van der Waals surface area contributed by atoms with Crippen molar-refractivity contribution in [1.29, 1.82) is 0 Å². The fourth-order valence-electron chi connectivity index (χ4n) is 2.59. The average Bonchev–Trinajstić information content (AvgIpc) is 2.87. The van der Waals surface area contributed by atoms with Crippen molar-refractivity contribution in [3.8, 4) is 5.75 Å². The van der Waals surface area contributed by atoms with Crippen molar-refractivity contribution in [2.24, 2.45) is 0 Å². The summed E-state index contributed by atoms with van der Waals surface area (Å²) >= 11 is 3.44. The third-order valence-electron chi connectivity index (χ3n) is 3.62. The molecule has 0 aliphatic carbocycles. The predicted octanol–water partition coefficient (Wildman–Crippen LogP) is 3.78. The van der Waals surface area contributed by atoms with Gasteiger partial charge < -0.3 is 14.4 Å². The Morgan fingerprint density at radius 1 is 1.45 bits per heavy atom. The zero-order valence-electron chi connectivity index (χ0n) is 11.5. The molecule has 2 heterocycles. The summed E-state index contributed by atoms with van der Waals surface area (Å²) in [7, 11) is 0. The van der Waals surface area contributed by atoms with Gasteiger partial charge in [0.15, 0.2) is 0 Å². The summed E-state index contributed by atoms with van der Waals surface area (Å²) in [6.45, 7) is 4.21. The van der Waals surface area contributed by atoms with Crippen molar-refractivity contribution >= 4 is 15.9 Å². The van der Waals surface area contributed by atoms with E-state index in [1.165, 1.54) is 0 Å². The molecule has 1 N–H and O–H groups in total. The molecule has 2 atom stereocenters. The monoisotopic (exact) mass is 336 g/mol. The molecule has 0 radical (unpaired) electrons. The van der Waals surface area contributed by atoms with Crippen LogP contribution in [0.2, 0.25) is 0 Å². The number of ether oxygens (including phenoxy) is 1. The van der Waals surface area contributed by atoms with E-state index in [2.05, 4.69) is 39.3 Å². The number of nitrogens with zero attached hydrogens (tertiary/aromatic N) is 2. The number of aliphatic hydroxyl groups excluding tert-OH is 1. The molecule has 20 heavy (non-hydrogen) atoms. The Labute approximate surface area is 126 Å². The van der Waals surface area contributed by atoms with Crippen molar-refractivity contribution in [1.82, 2.24) is 9.55 Å². The van der Waals surface area contributed by atoms with Gasteiger partial charge in [0.2, 0.25) is 0 Å². The van der Waals surface area contributed by atoms with Crippen LogP contribution in [-0.2, 0) is 0 Å². The molecule has 4 nitrogen and oxygen atoms in total. The number of rotatable bonds is 2. The van der Waals surface area contributed by atoms with Gasteiger partial charge in [-0.3, -0.25) is 0 Å². The molecule has 1 aromatic heterocycles. The van der Waals surface area contributed by atoms with Crippen LogP contribution in [0.1, 0.15) is 49.8 Å². The molecule has 0 bridgehead atoms. The van der Waals surface area contributed by atoms with E-state index in [0.717, 1.165) is 21.5 Å². The average molecular weight is 337 g/mol. The number of hydrogen-bond acceptors (Lipinski definition) is 3. The highest BCUT2D eigenvalue weighted by Crippen LogP contribution is 2.42. The zero-order chi connectivity index (χ0) is 14.3. The quantitative estimate of drug-likeness (QED) is 0.907. The SMILES string of the molecule is CC(C)n1cncc1C1C[C@@H](O)c2ccc(Br)cc2O1. The van der Waals surface area contributed by atoms with Crippen LogP contribution in [0, 0.1) is 0 Å². The molecule has 0 saturated heterocycles. The Balaban J connectivity index is 1.96. The lowest BCUT2D eigenvalue weighted by Crippen LogP contribution is -2.22. The number of imidazole rings is 1. The van der Waals surface area contributed by atoms with Crippen LogP contribution in [0.3, 0.4) is 0 Å². The molecule has 3 rings (SSSR count). The Morgan fingerprint density at radius 2 is 2.25 bits per heavy atom. The summed E-state index contributed by atoms with van der Waals surface area (Å²) in [6.07, 6.45) is 3.50. The number of aromatic nitrogens is 2. The van der Waals surface area contributed by atoms with Gasteiger partial charge >= 0.3 is 0 Å². The van der Waals surface area contributed by atoms with Crippen LogP contribution in [0.5, 0.6) is 5.75 Å². The summed E-state index contributed by atoms with van der Waals surface area (Å²) in [6, 6.07) is 6.04. The molecule has 0 spiro atoms. The lowest BCUT2D eigenvalue weighted by molar-refractivity contribution is 0.0613. The van der Waals surface area contributed by atoms with Crippen molar-refractivity contribution in [3.05, 3.63) is 46.5 Å². The third kappa shape index (κ3) is 2.36. The number of fused-ring (bicyclic) bond motifs is 1.